The smallest absolute Gasteiger partial charge is 0.264 e. The van der Waals surface area contributed by atoms with Crippen LogP contribution in [0, 0.1) is 6.92 Å². The number of benzene rings is 3. The lowest BCUT2D eigenvalue weighted by Gasteiger charge is -2.35. The first kappa shape index (κ1) is 47.5. The van der Waals surface area contributed by atoms with Crippen molar-refractivity contribution >= 4 is 74.1 Å². The van der Waals surface area contributed by atoms with Gasteiger partial charge >= 0.3 is 0 Å². The molecule has 2 fully saturated rings. The molecule has 18 nitrogen and oxygen atoms in total. The van der Waals surface area contributed by atoms with Crippen molar-refractivity contribution < 1.29 is 32.4 Å². The number of rotatable bonds is 19. The monoisotopic (exact) mass is 921 g/mol. The molecule has 3 aromatic carbocycles. The third-order valence-electron chi connectivity index (χ3n) is 11.5. The number of imide groups is 2. The highest BCUT2D eigenvalue weighted by Crippen LogP contribution is 2.33. The van der Waals surface area contributed by atoms with Crippen LogP contribution in [0.1, 0.15) is 92.0 Å². The molecule has 19 heteroatoms. The second-order valence-corrected chi connectivity index (χ2v) is 19.6. The minimum atomic E-state index is -3.71. The molecule has 1 unspecified atom stereocenters. The summed E-state index contributed by atoms with van der Waals surface area (Å²) in [6.07, 6.45) is 6.55. The maximum absolute atomic E-state index is 13.3. The summed E-state index contributed by atoms with van der Waals surface area (Å²) in [7, 11) is -3.71. The first-order valence-electron chi connectivity index (χ1n) is 22.5. The predicted molar refractivity (Wildman–Crippen MR) is 253 cm³/mol. The van der Waals surface area contributed by atoms with Gasteiger partial charge in [-0.1, -0.05) is 31.4 Å². The Balaban J connectivity index is 0.767. The van der Waals surface area contributed by atoms with Crippen molar-refractivity contribution in [2.75, 3.05) is 66.7 Å². The van der Waals surface area contributed by atoms with Crippen molar-refractivity contribution in [1.82, 2.24) is 35.1 Å². The minimum absolute atomic E-state index is 0.0224. The number of carbonyl (C=O) groups is 5. The molecular weight excluding hydrogens is 863 g/mol. The molecule has 6 N–H and O–H groups in total. The van der Waals surface area contributed by atoms with Gasteiger partial charge in [-0.15, -0.1) is 0 Å². The summed E-state index contributed by atoms with van der Waals surface area (Å²) in [6.45, 7) is 12.0. The third kappa shape index (κ3) is 12.1. The average Bonchev–Trinajstić information content (AvgIpc) is 3.53. The maximum atomic E-state index is 13.3. The molecule has 66 heavy (non-hydrogen) atoms. The molecule has 4 aromatic rings. The number of piperazine rings is 1. The molecule has 3 aliphatic heterocycles. The Morgan fingerprint density at radius 3 is 2.27 bits per heavy atom. The van der Waals surface area contributed by atoms with E-state index in [2.05, 4.69) is 51.1 Å². The van der Waals surface area contributed by atoms with Gasteiger partial charge in [0, 0.05) is 85.7 Å². The normalized spacial score (nSPS) is 16.8. The summed E-state index contributed by atoms with van der Waals surface area (Å²) in [5.41, 5.74) is 3.72. The van der Waals surface area contributed by atoms with E-state index in [-0.39, 0.29) is 34.8 Å². The number of aryl methyl sites for hydroxylation is 1. The van der Waals surface area contributed by atoms with Crippen LogP contribution in [0.15, 0.2) is 77.8 Å². The third-order valence-corrected chi connectivity index (χ3v) is 13.3. The molecule has 5 amide bonds. The van der Waals surface area contributed by atoms with Gasteiger partial charge < -0.3 is 26.2 Å². The summed E-state index contributed by atoms with van der Waals surface area (Å²) in [5.74, 6) is -1.13. The van der Waals surface area contributed by atoms with Gasteiger partial charge in [-0.05, 0) is 102 Å². The van der Waals surface area contributed by atoms with E-state index in [9.17, 15) is 32.4 Å². The van der Waals surface area contributed by atoms with Crippen LogP contribution in [0.2, 0.25) is 0 Å². The lowest BCUT2D eigenvalue weighted by Crippen LogP contribution is -2.54. The Bertz CT molecular complexity index is 2560. The van der Waals surface area contributed by atoms with E-state index in [4.69, 9.17) is 0 Å². The number of unbranched alkanes of at least 4 members (excludes halogenated alkanes) is 4. The van der Waals surface area contributed by atoms with Gasteiger partial charge in [0.15, 0.2) is 0 Å². The van der Waals surface area contributed by atoms with Gasteiger partial charge in [0.05, 0.1) is 22.6 Å². The van der Waals surface area contributed by atoms with Crippen molar-refractivity contribution in [3.8, 4) is 0 Å². The lowest BCUT2D eigenvalue weighted by molar-refractivity contribution is -0.136. The molecule has 0 saturated carbocycles. The van der Waals surface area contributed by atoms with Gasteiger partial charge in [-0.3, -0.25) is 39.1 Å². The van der Waals surface area contributed by atoms with Gasteiger partial charge in [-0.2, -0.15) is 4.98 Å². The van der Waals surface area contributed by atoms with Crippen LogP contribution in [0.5, 0.6) is 0 Å². The van der Waals surface area contributed by atoms with Gasteiger partial charge in [-0.25, -0.2) is 18.1 Å². The number of sulfonamides is 1. The Hall–Kier alpha value is -6.44. The van der Waals surface area contributed by atoms with Crippen molar-refractivity contribution in [2.45, 2.75) is 89.1 Å². The van der Waals surface area contributed by atoms with Crippen LogP contribution in [0.25, 0.3) is 0 Å². The molecular formula is C47H59N11O7S. The fourth-order valence-corrected chi connectivity index (χ4v) is 9.63. The van der Waals surface area contributed by atoms with Crippen LogP contribution in [0.4, 0.5) is 34.5 Å². The first-order valence-corrected chi connectivity index (χ1v) is 24.0. The zero-order valence-corrected chi connectivity index (χ0v) is 38.7. The number of hydrogen-bond acceptors (Lipinski definition) is 14. The predicted octanol–water partition coefficient (Wildman–Crippen LogP) is 5.05. The number of amides is 5. The summed E-state index contributed by atoms with van der Waals surface area (Å²) in [5, 5.41) is 15.1. The van der Waals surface area contributed by atoms with Gasteiger partial charge in [0.2, 0.25) is 33.7 Å². The van der Waals surface area contributed by atoms with E-state index < -0.39 is 45.2 Å². The molecule has 3 aliphatic rings. The molecule has 1 aromatic heterocycles. The van der Waals surface area contributed by atoms with Crippen LogP contribution in [0.3, 0.4) is 0 Å². The number of fused-ring (bicyclic) bond motifs is 1. The van der Waals surface area contributed by atoms with E-state index in [1.165, 1.54) is 0 Å². The lowest BCUT2D eigenvalue weighted by atomic mass is 10.0. The van der Waals surface area contributed by atoms with Gasteiger partial charge in [0.25, 0.3) is 11.8 Å². The highest BCUT2D eigenvalue weighted by molar-refractivity contribution is 7.89. The van der Waals surface area contributed by atoms with E-state index in [0.717, 1.165) is 80.1 Å². The summed E-state index contributed by atoms with van der Waals surface area (Å²) >= 11 is 0. The fraction of sp³-hybridized carbons (Fsp3) is 0.426. The highest BCUT2D eigenvalue weighted by Gasteiger charge is 2.45. The van der Waals surface area contributed by atoms with Gasteiger partial charge in [0.1, 0.15) is 11.9 Å². The van der Waals surface area contributed by atoms with E-state index in [0.29, 0.717) is 42.8 Å². The van der Waals surface area contributed by atoms with Crippen molar-refractivity contribution in [1.29, 1.82) is 0 Å². The Morgan fingerprint density at radius 1 is 0.833 bits per heavy atom. The van der Waals surface area contributed by atoms with E-state index >= 15 is 0 Å². The van der Waals surface area contributed by atoms with Crippen LogP contribution in [-0.2, 0) is 24.4 Å². The van der Waals surface area contributed by atoms with Crippen molar-refractivity contribution in [2.24, 2.45) is 0 Å². The van der Waals surface area contributed by atoms with E-state index in [1.54, 1.807) is 69.4 Å². The molecule has 0 spiro atoms. The van der Waals surface area contributed by atoms with Crippen molar-refractivity contribution in [3.63, 3.8) is 0 Å². The molecule has 0 bridgehead atoms. The molecule has 0 aliphatic carbocycles. The number of aromatic nitrogens is 2. The number of carbonyl (C=O) groups excluding carboxylic acids is 5. The highest BCUT2D eigenvalue weighted by atomic mass is 32.2. The molecule has 2 saturated heterocycles. The maximum Gasteiger partial charge on any atom is 0.264 e. The molecule has 1 atom stereocenters. The number of piperidine rings is 1. The van der Waals surface area contributed by atoms with Crippen LogP contribution in [-0.4, -0.2) is 115 Å². The molecule has 4 heterocycles. The second-order valence-electron chi connectivity index (χ2n) is 17.9. The summed E-state index contributed by atoms with van der Waals surface area (Å²) < 4.78 is 28.5. The zero-order chi connectivity index (χ0) is 47.0. The number of hydrogen-bond donors (Lipinski definition) is 6. The zero-order valence-electron chi connectivity index (χ0n) is 37.9. The first-order chi connectivity index (χ1) is 31.5. The number of anilines is 6. The van der Waals surface area contributed by atoms with Crippen molar-refractivity contribution in [3.05, 3.63) is 89.6 Å². The topological polar surface area (TPSA) is 227 Å². The summed E-state index contributed by atoms with van der Waals surface area (Å²) in [4.78, 5) is 77.8. The average molecular weight is 922 g/mol. The Labute approximate surface area is 385 Å². The second kappa shape index (κ2) is 20.8. The fourth-order valence-electron chi connectivity index (χ4n) is 8.17. The largest absolute Gasteiger partial charge is 0.384 e. The Morgan fingerprint density at radius 2 is 1.55 bits per heavy atom. The SMILES string of the molecule is Cc1cnc(Nc2ccc(N3CCN(CC(=O)NCCCCCCCNc4cccc5c4C(=O)N(C4CCC(=O)NC4=O)C5=O)CC3)cc2)nc1Nc1cccc(S(=O)(=O)NC(C)(C)C)c1. The van der Waals surface area contributed by atoms with E-state index in [1.807, 2.05) is 31.2 Å². The summed E-state index contributed by atoms with van der Waals surface area (Å²) in [6, 6.07) is 18.7. The molecule has 0 radical (unpaired) electrons. The Kier molecular flexibility index (Phi) is 15.0. The minimum Gasteiger partial charge on any atom is -0.384 e. The van der Waals surface area contributed by atoms with Crippen LogP contribution < -0.4 is 36.2 Å². The standard InChI is InChI=1S/C47H59N11O7S/c1-31-29-50-46(54-42(31)51-33-12-10-13-35(28-33)66(64,65)55-47(2,3)4)52-32-16-18-34(19-17-32)57-26-24-56(25-27-57)30-40(60)49-23-9-7-5-6-8-22-48-37-15-11-14-36-41(37)45(63)58(44(36)62)38-20-21-39(59)53-43(38)61/h10-19,28-29,38,48,55H,5-9,20-27,30H2,1-4H3,(H,49,60)(H,53,59,61)(H2,50,51,52,54). The molecule has 350 valence electrons. The quantitative estimate of drug-likeness (QED) is 0.0535. The van der Waals surface area contributed by atoms with Crippen LogP contribution >= 0.6 is 0 Å². The number of nitrogens with one attached hydrogen (secondary N) is 6. The number of nitrogens with zero attached hydrogens (tertiary/aromatic N) is 5. The molecule has 7 rings (SSSR count).